The van der Waals surface area contributed by atoms with Crippen LogP contribution in [0.3, 0.4) is 0 Å². The monoisotopic (exact) mass is 363 g/mol. The van der Waals surface area contributed by atoms with Crippen LogP contribution in [0.25, 0.3) is 22.2 Å². The van der Waals surface area contributed by atoms with E-state index >= 15 is 0 Å². The smallest absolute Gasteiger partial charge is 0.277 e. The molecule has 1 aromatic heterocycles. The average Bonchev–Trinajstić information content (AvgIpc) is 3.15. The molecule has 0 aliphatic rings. The van der Waals surface area contributed by atoms with Crippen molar-refractivity contribution in [2.75, 3.05) is 0 Å². The molecule has 4 rings (SSSR count). The minimum atomic E-state index is -0.448. The Bertz CT molecular complexity index is 1090. The molecule has 26 heavy (non-hydrogen) atoms. The minimum absolute atomic E-state index is 0.00865. The number of thioether (sulfide) groups is 1. The average molecular weight is 363 g/mol. The summed E-state index contributed by atoms with van der Waals surface area (Å²) in [6, 6.07) is 20.5. The number of benzene rings is 3. The summed E-state index contributed by atoms with van der Waals surface area (Å²) in [5, 5.41) is 21.7. The first kappa shape index (κ1) is 16.3. The summed E-state index contributed by atoms with van der Waals surface area (Å²) < 4.78 is 5.66. The summed E-state index contributed by atoms with van der Waals surface area (Å²) in [5.74, 6) is 0.965. The number of nitro benzene ring substituents is 1. The zero-order valence-corrected chi connectivity index (χ0v) is 14.3. The van der Waals surface area contributed by atoms with Gasteiger partial charge >= 0.3 is 0 Å². The van der Waals surface area contributed by atoms with Crippen LogP contribution >= 0.6 is 11.8 Å². The summed E-state index contributed by atoms with van der Waals surface area (Å²) in [6.07, 6.45) is 0. The third kappa shape index (κ3) is 3.29. The van der Waals surface area contributed by atoms with Crippen LogP contribution in [0.1, 0.15) is 5.56 Å². The number of nitrogens with zero attached hydrogens (tertiary/aromatic N) is 3. The normalized spacial score (nSPS) is 10.9. The molecule has 128 valence electrons. The predicted octanol–water partition coefficient (Wildman–Crippen LogP) is 5.09. The van der Waals surface area contributed by atoms with Crippen LogP contribution in [-0.4, -0.2) is 15.1 Å². The Morgan fingerprint density at radius 3 is 2.69 bits per heavy atom. The quantitative estimate of drug-likeness (QED) is 0.279. The van der Waals surface area contributed by atoms with Crippen LogP contribution in [0.5, 0.6) is 0 Å². The number of aromatic nitrogens is 2. The van der Waals surface area contributed by atoms with Gasteiger partial charge in [0.15, 0.2) is 0 Å². The van der Waals surface area contributed by atoms with E-state index in [4.69, 9.17) is 4.42 Å². The van der Waals surface area contributed by atoms with Crippen molar-refractivity contribution in [1.82, 2.24) is 10.2 Å². The van der Waals surface area contributed by atoms with Gasteiger partial charge < -0.3 is 4.42 Å². The summed E-state index contributed by atoms with van der Waals surface area (Å²) in [6.45, 7) is 0. The highest BCUT2D eigenvalue weighted by Gasteiger charge is 2.13. The van der Waals surface area contributed by atoms with Crippen molar-refractivity contribution < 1.29 is 9.34 Å². The van der Waals surface area contributed by atoms with Gasteiger partial charge in [0, 0.05) is 23.4 Å². The van der Waals surface area contributed by atoms with Gasteiger partial charge in [0.05, 0.1) is 4.92 Å². The second-order valence-electron chi connectivity index (χ2n) is 5.61. The van der Waals surface area contributed by atoms with Crippen LogP contribution in [0.2, 0.25) is 0 Å². The van der Waals surface area contributed by atoms with Crippen LogP contribution < -0.4 is 0 Å². The summed E-state index contributed by atoms with van der Waals surface area (Å²) in [5.41, 5.74) is 1.71. The van der Waals surface area contributed by atoms with E-state index in [9.17, 15) is 10.1 Å². The lowest BCUT2D eigenvalue weighted by Gasteiger charge is -2.04. The van der Waals surface area contributed by atoms with Crippen molar-refractivity contribution in [3.05, 3.63) is 82.4 Å². The van der Waals surface area contributed by atoms with Gasteiger partial charge in [-0.2, -0.15) is 0 Å². The minimum Gasteiger partial charge on any atom is -0.411 e. The number of rotatable bonds is 5. The molecule has 3 aromatic carbocycles. The molecule has 0 bridgehead atoms. The van der Waals surface area contributed by atoms with Gasteiger partial charge in [0.1, 0.15) is 0 Å². The molecule has 0 amide bonds. The Labute approximate surface area is 153 Å². The fraction of sp³-hybridized carbons (Fsp3) is 0.0526. The molecule has 0 saturated carbocycles. The molecule has 4 aromatic rings. The highest BCUT2D eigenvalue weighted by atomic mass is 32.2. The van der Waals surface area contributed by atoms with Crippen LogP contribution in [-0.2, 0) is 5.75 Å². The SMILES string of the molecule is O=[N+]([O-])c1cccc(-c2nnc(SCc3cccc4ccccc34)o2)c1. The van der Waals surface area contributed by atoms with Gasteiger partial charge in [-0.15, -0.1) is 10.2 Å². The van der Waals surface area contributed by atoms with E-state index < -0.39 is 4.92 Å². The molecular formula is C19H13N3O3S. The molecule has 1 heterocycles. The van der Waals surface area contributed by atoms with Crippen molar-refractivity contribution in [2.24, 2.45) is 0 Å². The third-order valence-electron chi connectivity index (χ3n) is 3.94. The van der Waals surface area contributed by atoms with E-state index in [1.807, 2.05) is 18.2 Å². The Morgan fingerprint density at radius 2 is 1.81 bits per heavy atom. The molecule has 6 nitrogen and oxygen atoms in total. The lowest BCUT2D eigenvalue weighted by molar-refractivity contribution is -0.384. The lowest BCUT2D eigenvalue weighted by atomic mass is 10.1. The maximum Gasteiger partial charge on any atom is 0.277 e. The maximum atomic E-state index is 10.9. The highest BCUT2D eigenvalue weighted by molar-refractivity contribution is 7.98. The first-order valence-corrected chi connectivity index (χ1v) is 8.87. The van der Waals surface area contributed by atoms with E-state index in [1.165, 1.54) is 40.2 Å². The summed E-state index contributed by atoms with van der Waals surface area (Å²) in [4.78, 5) is 10.4. The summed E-state index contributed by atoms with van der Waals surface area (Å²) >= 11 is 1.44. The molecule has 7 heteroatoms. The molecule has 0 spiro atoms. The predicted molar refractivity (Wildman–Crippen MR) is 99.9 cm³/mol. The number of hydrogen-bond acceptors (Lipinski definition) is 6. The zero-order chi connectivity index (χ0) is 17.9. The molecule has 0 aliphatic heterocycles. The van der Waals surface area contributed by atoms with E-state index in [0.29, 0.717) is 16.5 Å². The van der Waals surface area contributed by atoms with Crippen molar-refractivity contribution in [3.63, 3.8) is 0 Å². The maximum absolute atomic E-state index is 10.9. The van der Waals surface area contributed by atoms with Gasteiger partial charge in [0.25, 0.3) is 10.9 Å². The van der Waals surface area contributed by atoms with Crippen molar-refractivity contribution in [3.8, 4) is 11.5 Å². The highest BCUT2D eigenvalue weighted by Crippen LogP contribution is 2.29. The van der Waals surface area contributed by atoms with E-state index in [0.717, 1.165) is 0 Å². The Morgan fingerprint density at radius 1 is 1.00 bits per heavy atom. The molecule has 0 radical (unpaired) electrons. The molecule has 0 aliphatic carbocycles. The topological polar surface area (TPSA) is 82.1 Å². The summed E-state index contributed by atoms with van der Waals surface area (Å²) in [7, 11) is 0. The van der Waals surface area contributed by atoms with Crippen LogP contribution in [0.15, 0.2) is 76.4 Å². The Balaban J connectivity index is 1.54. The van der Waals surface area contributed by atoms with Crippen LogP contribution in [0, 0.1) is 10.1 Å². The molecule has 0 fully saturated rings. The zero-order valence-electron chi connectivity index (χ0n) is 13.5. The van der Waals surface area contributed by atoms with Gasteiger partial charge in [0.2, 0.25) is 5.89 Å². The van der Waals surface area contributed by atoms with Crippen LogP contribution in [0.4, 0.5) is 5.69 Å². The molecule has 0 unspecified atom stereocenters. The number of hydrogen-bond donors (Lipinski definition) is 0. The fourth-order valence-corrected chi connectivity index (χ4v) is 3.46. The van der Waals surface area contributed by atoms with Crippen molar-refractivity contribution in [1.29, 1.82) is 0 Å². The molecular weight excluding hydrogens is 350 g/mol. The van der Waals surface area contributed by atoms with Crippen molar-refractivity contribution in [2.45, 2.75) is 11.0 Å². The lowest BCUT2D eigenvalue weighted by Crippen LogP contribution is -1.88. The van der Waals surface area contributed by atoms with Gasteiger partial charge in [-0.3, -0.25) is 10.1 Å². The molecule has 0 N–H and O–H groups in total. The molecule has 0 atom stereocenters. The van der Waals surface area contributed by atoms with E-state index in [-0.39, 0.29) is 11.6 Å². The number of fused-ring (bicyclic) bond motifs is 1. The first-order valence-electron chi connectivity index (χ1n) is 7.88. The van der Waals surface area contributed by atoms with Crippen molar-refractivity contribution >= 4 is 28.2 Å². The Hall–Kier alpha value is -3.19. The standard InChI is InChI=1S/C19H13N3O3S/c23-22(24)16-9-4-7-14(11-16)18-20-21-19(25-18)26-12-15-8-3-6-13-5-1-2-10-17(13)15/h1-11H,12H2. The van der Waals surface area contributed by atoms with E-state index in [1.54, 1.807) is 12.1 Å². The fourth-order valence-electron chi connectivity index (χ4n) is 2.70. The first-order chi connectivity index (χ1) is 12.7. The largest absolute Gasteiger partial charge is 0.411 e. The van der Waals surface area contributed by atoms with E-state index in [2.05, 4.69) is 34.5 Å². The Kier molecular flexibility index (Phi) is 4.37. The second-order valence-corrected chi connectivity index (χ2v) is 6.53. The molecule has 0 saturated heterocycles. The second kappa shape index (κ2) is 6.97. The van der Waals surface area contributed by atoms with Gasteiger partial charge in [-0.1, -0.05) is 60.3 Å². The number of non-ortho nitro benzene ring substituents is 1. The number of nitro groups is 1. The third-order valence-corrected chi connectivity index (χ3v) is 4.81. The van der Waals surface area contributed by atoms with Gasteiger partial charge in [-0.05, 0) is 22.4 Å². The van der Waals surface area contributed by atoms with Gasteiger partial charge in [-0.25, -0.2) is 0 Å².